The van der Waals surface area contributed by atoms with Crippen molar-refractivity contribution in [2.75, 3.05) is 5.32 Å². The van der Waals surface area contributed by atoms with Gasteiger partial charge in [0.25, 0.3) is 0 Å². The van der Waals surface area contributed by atoms with Crippen LogP contribution in [0.4, 0.5) is 10.1 Å². The normalized spacial score (nSPS) is 10.1. The molecule has 82 valence electrons. The number of hydrogen-bond acceptors (Lipinski definition) is 3. The summed E-state index contributed by atoms with van der Waals surface area (Å²) in [5.74, 6) is -0.477. The van der Waals surface area contributed by atoms with Crippen molar-refractivity contribution >= 4 is 21.6 Å². The highest BCUT2D eigenvalue weighted by molar-refractivity contribution is 9.10. The monoisotopic (exact) mass is 281 g/mol. The van der Waals surface area contributed by atoms with Crippen LogP contribution in [-0.4, -0.2) is 9.97 Å². The van der Waals surface area contributed by atoms with E-state index in [1.54, 1.807) is 18.5 Å². The standard InChI is InChI=1S/C11H9BrFN3/c12-9-3-8(4-14-6-9)5-15-10-1-2-11(13)16-7-10/h1-4,6-7,15H,5H2. The van der Waals surface area contributed by atoms with Crippen molar-refractivity contribution in [3.8, 4) is 0 Å². The van der Waals surface area contributed by atoms with Crippen LogP contribution in [0.25, 0.3) is 0 Å². The van der Waals surface area contributed by atoms with Crippen LogP contribution in [0.1, 0.15) is 5.56 Å². The van der Waals surface area contributed by atoms with Crippen molar-refractivity contribution in [1.29, 1.82) is 0 Å². The van der Waals surface area contributed by atoms with Gasteiger partial charge in [0.15, 0.2) is 0 Å². The van der Waals surface area contributed by atoms with Gasteiger partial charge in [-0.1, -0.05) is 0 Å². The largest absolute Gasteiger partial charge is 0.380 e. The minimum absolute atomic E-state index is 0.477. The number of aromatic nitrogens is 2. The second-order valence-corrected chi connectivity index (χ2v) is 4.15. The molecule has 0 aliphatic rings. The molecule has 2 aromatic heterocycles. The fraction of sp³-hybridized carbons (Fsp3) is 0.0909. The minimum Gasteiger partial charge on any atom is -0.380 e. The first-order valence-corrected chi connectivity index (χ1v) is 5.48. The third kappa shape index (κ3) is 3.00. The maximum Gasteiger partial charge on any atom is 0.212 e. The average Bonchev–Trinajstić information content (AvgIpc) is 2.28. The zero-order chi connectivity index (χ0) is 11.4. The molecule has 5 heteroatoms. The average molecular weight is 282 g/mol. The fourth-order valence-electron chi connectivity index (χ4n) is 1.24. The third-order valence-corrected chi connectivity index (χ3v) is 2.42. The molecule has 0 aliphatic heterocycles. The summed E-state index contributed by atoms with van der Waals surface area (Å²) >= 11 is 3.35. The van der Waals surface area contributed by atoms with Crippen LogP contribution < -0.4 is 5.32 Å². The zero-order valence-corrected chi connectivity index (χ0v) is 9.91. The Balaban J connectivity index is 1.99. The minimum atomic E-state index is -0.477. The highest BCUT2D eigenvalue weighted by Gasteiger charge is 1.96. The number of pyridine rings is 2. The predicted molar refractivity (Wildman–Crippen MR) is 63.5 cm³/mol. The van der Waals surface area contributed by atoms with Gasteiger partial charge in [-0.25, -0.2) is 4.98 Å². The summed E-state index contributed by atoms with van der Waals surface area (Å²) in [4.78, 5) is 7.60. The topological polar surface area (TPSA) is 37.8 Å². The van der Waals surface area contributed by atoms with E-state index in [4.69, 9.17) is 0 Å². The fourth-order valence-corrected chi connectivity index (χ4v) is 1.65. The van der Waals surface area contributed by atoms with Gasteiger partial charge in [-0.3, -0.25) is 4.98 Å². The zero-order valence-electron chi connectivity index (χ0n) is 8.32. The molecule has 2 heterocycles. The smallest absolute Gasteiger partial charge is 0.212 e. The molecule has 0 saturated carbocycles. The molecule has 0 amide bonds. The quantitative estimate of drug-likeness (QED) is 0.879. The van der Waals surface area contributed by atoms with Gasteiger partial charge in [0.1, 0.15) is 0 Å². The van der Waals surface area contributed by atoms with Crippen LogP contribution in [0.2, 0.25) is 0 Å². The van der Waals surface area contributed by atoms with E-state index in [0.717, 1.165) is 15.7 Å². The van der Waals surface area contributed by atoms with Gasteiger partial charge in [0, 0.05) is 23.4 Å². The van der Waals surface area contributed by atoms with Gasteiger partial charge in [0.2, 0.25) is 5.95 Å². The number of nitrogens with one attached hydrogen (secondary N) is 1. The second-order valence-electron chi connectivity index (χ2n) is 3.23. The van der Waals surface area contributed by atoms with Gasteiger partial charge in [0.05, 0.1) is 11.9 Å². The van der Waals surface area contributed by atoms with Gasteiger partial charge in [-0.05, 0) is 39.7 Å². The molecule has 0 bridgehead atoms. The molecule has 3 nitrogen and oxygen atoms in total. The van der Waals surface area contributed by atoms with E-state index < -0.39 is 5.95 Å². The molecule has 2 aromatic rings. The van der Waals surface area contributed by atoms with E-state index in [-0.39, 0.29) is 0 Å². The summed E-state index contributed by atoms with van der Waals surface area (Å²) in [6, 6.07) is 4.94. The molecule has 0 unspecified atom stereocenters. The molecular formula is C11H9BrFN3. The lowest BCUT2D eigenvalue weighted by atomic mass is 10.3. The molecule has 0 aromatic carbocycles. The molecule has 1 N–H and O–H groups in total. The SMILES string of the molecule is Fc1ccc(NCc2cncc(Br)c2)cn1. The Morgan fingerprint density at radius 3 is 2.81 bits per heavy atom. The van der Waals surface area contributed by atoms with Crippen molar-refractivity contribution in [3.05, 3.63) is 52.8 Å². The van der Waals surface area contributed by atoms with E-state index >= 15 is 0 Å². The molecule has 2 rings (SSSR count). The first kappa shape index (κ1) is 11.0. The maximum atomic E-state index is 12.5. The Morgan fingerprint density at radius 1 is 1.25 bits per heavy atom. The summed E-state index contributed by atoms with van der Waals surface area (Å²) in [7, 11) is 0. The van der Waals surface area contributed by atoms with Crippen LogP contribution in [-0.2, 0) is 6.54 Å². The highest BCUT2D eigenvalue weighted by atomic mass is 79.9. The molecule has 0 radical (unpaired) electrons. The predicted octanol–water partition coefficient (Wildman–Crippen LogP) is 2.99. The maximum absolute atomic E-state index is 12.5. The van der Waals surface area contributed by atoms with Crippen molar-refractivity contribution in [2.24, 2.45) is 0 Å². The van der Waals surface area contributed by atoms with Crippen molar-refractivity contribution in [1.82, 2.24) is 9.97 Å². The van der Waals surface area contributed by atoms with E-state index in [9.17, 15) is 4.39 Å². The number of anilines is 1. The molecule has 0 atom stereocenters. The Labute approximate surface area is 101 Å². The lowest BCUT2D eigenvalue weighted by molar-refractivity contribution is 0.584. The number of halogens is 2. The number of hydrogen-bond donors (Lipinski definition) is 1. The Kier molecular flexibility index (Phi) is 3.46. The summed E-state index contributed by atoms with van der Waals surface area (Å²) in [6.07, 6.45) is 4.96. The van der Waals surface area contributed by atoms with E-state index in [2.05, 4.69) is 31.2 Å². The number of rotatable bonds is 3. The van der Waals surface area contributed by atoms with Crippen LogP contribution in [0, 0.1) is 5.95 Å². The third-order valence-electron chi connectivity index (χ3n) is 1.99. The number of nitrogens with zero attached hydrogens (tertiary/aromatic N) is 2. The second kappa shape index (κ2) is 5.03. The van der Waals surface area contributed by atoms with E-state index in [0.29, 0.717) is 6.54 Å². The van der Waals surface area contributed by atoms with Crippen molar-refractivity contribution in [2.45, 2.75) is 6.54 Å². The first-order chi connectivity index (χ1) is 7.74. The van der Waals surface area contributed by atoms with Crippen molar-refractivity contribution < 1.29 is 4.39 Å². The van der Waals surface area contributed by atoms with E-state index in [1.807, 2.05) is 6.07 Å². The van der Waals surface area contributed by atoms with Crippen LogP contribution >= 0.6 is 15.9 Å². The van der Waals surface area contributed by atoms with Crippen LogP contribution in [0.15, 0.2) is 41.3 Å². The lowest BCUT2D eigenvalue weighted by Gasteiger charge is -2.05. The molecule has 16 heavy (non-hydrogen) atoms. The van der Waals surface area contributed by atoms with Crippen LogP contribution in [0.3, 0.4) is 0 Å². The first-order valence-electron chi connectivity index (χ1n) is 4.69. The van der Waals surface area contributed by atoms with E-state index in [1.165, 1.54) is 12.3 Å². The molecule has 0 spiro atoms. The Morgan fingerprint density at radius 2 is 2.12 bits per heavy atom. The molecule has 0 saturated heterocycles. The van der Waals surface area contributed by atoms with Gasteiger partial charge in [-0.15, -0.1) is 0 Å². The summed E-state index contributed by atoms with van der Waals surface area (Å²) in [5.41, 5.74) is 1.82. The summed E-state index contributed by atoms with van der Waals surface area (Å²) in [5, 5.41) is 3.13. The van der Waals surface area contributed by atoms with Crippen LogP contribution in [0.5, 0.6) is 0 Å². The molecule has 0 fully saturated rings. The molecule has 0 aliphatic carbocycles. The summed E-state index contributed by atoms with van der Waals surface area (Å²) in [6.45, 7) is 0.625. The van der Waals surface area contributed by atoms with Gasteiger partial charge >= 0.3 is 0 Å². The molecular weight excluding hydrogens is 273 g/mol. The lowest BCUT2D eigenvalue weighted by Crippen LogP contribution is -2.00. The Hall–Kier alpha value is -1.49. The van der Waals surface area contributed by atoms with Gasteiger partial charge in [-0.2, -0.15) is 4.39 Å². The Bertz CT molecular complexity index is 473. The van der Waals surface area contributed by atoms with Crippen molar-refractivity contribution in [3.63, 3.8) is 0 Å². The van der Waals surface area contributed by atoms with Gasteiger partial charge < -0.3 is 5.32 Å². The summed E-state index contributed by atoms with van der Waals surface area (Å²) < 4.78 is 13.5. The highest BCUT2D eigenvalue weighted by Crippen LogP contribution is 2.12.